The summed E-state index contributed by atoms with van der Waals surface area (Å²) in [6.45, 7) is 2.65. The Balaban J connectivity index is 1.68. The standard InChI is InChI=1S/C21H23FN2O3/c1-15-6-3-4-9-19(15)20-11-18(27-23-20)13-24(21(25)14-26-2)12-16-7-5-8-17(22)10-16/h3-10,18H,11-14H2,1-2H3. The van der Waals surface area contributed by atoms with Gasteiger partial charge in [-0.25, -0.2) is 4.39 Å². The number of benzene rings is 2. The smallest absolute Gasteiger partial charge is 0.248 e. The summed E-state index contributed by atoms with van der Waals surface area (Å²) in [6, 6.07) is 14.2. The molecule has 1 heterocycles. The molecule has 0 aliphatic carbocycles. The lowest BCUT2D eigenvalue weighted by molar-refractivity contribution is -0.137. The number of carbonyl (C=O) groups is 1. The molecule has 0 aromatic heterocycles. The second kappa shape index (κ2) is 8.77. The van der Waals surface area contributed by atoms with E-state index >= 15 is 0 Å². The van der Waals surface area contributed by atoms with Gasteiger partial charge in [-0.05, 0) is 30.2 Å². The van der Waals surface area contributed by atoms with Gasteiger partial charge in [0.15, 0.2) is 6.10 Å². The Kier molecular flexibility index (Phi) is 6.19. The van der Waals surface area contributed by atoms with Gasteiger partial charge in [0.25, 0.3) is 0 Å². The van der Waals surface area contributed by atoms with Gasteiger partial charge in [0.1, 0.15) is 12.4 Å². The van der Waals surface area contributed by atoms with Crippen LogP contribution in [-0.4, -0.2) is 42.9 Å². The lowest BCUT2D eigenvalue weighted by Crippen LogP contribution is -2.39. The number of hydrogen-bond acceptors (Lipinski definition) is 4. The topological polar surface area (TPSA) is 51.1 Å². The molecule has 0 spiro atoms. The van der Waals surface area contributed by atoms with Crippen LogP contribution in [-0.2, 0) is 20.9 Å². The molecule has 142 valence electrons. The number of methoxy groups -OCH3 is 1. The van der Waals surface area contributed by atoms with Gasteiger partial charge in [-0.2, -0.15) is 0 Å². The van der Waals surface area contributed by atoms with Crippen LogP contribution in [0.3, 0.4) is 0 Å². The normalized spacial score (nSPS) is 16.0. The Bertz CT molecular complexity index is 838. The summed E-state index contributed by atoms with van der Waals surface area (Å²) in [7, 11) is 1.48. The lowest BCUT2D eigenvalue weighted by Gasteiger charge is -2.24. The Morgan fingerprint density at radius 1 is 1.30 bits per heavy atom. The molecule has 1 aliphatic heterocycles. The van der Waals surface area contributed by atoms with E-state index in [-0.39, 0.29) is 24.4 Å². The molecule has 0 radical (unpaired) electrons. The number of oxime groups is 1. The third-order valence-corrected chi connectivity index (χ3v) is 4.50. The summed E-state index contributed by atoms with van der Waals surface area (Å²) in [5, 5.41) is 4.22. The van der Waals surface area contributed by atoms with Crippen LogP contribution < -0.4 is 0 Å². The molecule has 1 unspecified atom stereocenters. The minimum Gasteiger partial charge on any atom is -0.390 e. The lowest BCUT2D eigenvalue weighted by atomic mass is 10.0. The molecule has 1 amide bonds. The Hall–Kier alpha value is -2.73. The Morgan fingerprint density at radius 3 is 2.85 bits per heavy atom. The van der Waals surface area contributed by atoms with Crippen molar-refractivity contribution in [3.8, 4) is 0 Å². The first-order chi connectivity index (χ1) is 13.1. The van der Waals surface area contributed by atoms with E-state index in [0.717, 1.165) is 22.4 Å². The zero-order valence-electron chi connectivity index (χ0n) is 15.5. The molecule has 1 atom stereocenters. The monoisotopic (exact) mass is 370 g/mol. The highest BCUT2D eigenvalue weighted by molar-refractivity contribution is 6.02. The van der Waals surface area contributed by atoms with Crippen LogP contribution in [0, 0.1) is 12.7 Å². The molecule has 0 saturated carbocycles. The fraction of sp³-hybridized carbons (Fsp3) is 0.333. The van der Waals surface area contributed by atoms with E-state index in [9.17, 15) is 9.18 Å². The zero-order chi connectivity index (χ0) is 19.2. The number of hydrogen-bond donors (Lipinski definition) is 0. The second-order valence-corrected chi connectivity index (χ2v) is 6.62. The van der Waals surface area contributed by atoms with E-state index in [4.69, 9.17) is 9.57 Å². The maximum absolute atomic E-state index is 13.5. The number of halogens is 1. The molecular formula is C21H23FN2O3. The van der Waals surface area contributed by atoms with Crippen molar-refractivity contribution < 1.29 is 18.8 Å². The summed E-state index contributed by atoms with van der Waals surface area (Å²) in [5.41, 5.74) is 3.79. The number of ether oxygens (including phenoxy) is 1. The molecule has 6 heteroatoms. The number of amides is 1. The minimum atomic E-state index is -0.325. The van der Waals surface area contributed by atoms with Crippen molar-refractivity contribution in [2.24, 2.45) is 5.16 Å². The largest absolute Gasteiger partial charge is 0.390 e. The summed E-state index contributed by atoms with van der Waals surface area (Å²) in [4.78, 5) is 19.6. The first kappa shape index (κ1) is 19.0. The van der Waals surface area contributed by atoms with Gasteiger partial charge in [-0.15, -0.1) is 0 Å². The highest BCUT2D eigenvalue weighted by atomic mass is 19.1. The molecule has 0 saturated heterocycles. The van der Waals surface area contributed by atoms with E-state index in [0.29, 0.717) is 19.5 Å². The molecule has 0 N–H and O–H groups in total. The van der Waals surface area contributed by atoms with Gasteiger partial charge in [0, 0.05) is 25.6 Å². The van der Waals surface area contributed by atoms with Gasteiger partial charge in [-0.1, -0.05) is 41.6 Å². The molecule has 3 rings (SSSR count). The van der Waals surface area contributed by atoms with Gasteiger partial charge in [-0.3, -0.25) is 4.79 Å². The maximum Gasteiger partial charge on any atom is 0.248 e. The van der Waals surface area contributed by atoms with E-state index in [2.05, 4.69) is 5.16 Å². The number of carbonyl (C=O) groups excluding carboxylic acids is 1. The Morgan fingerprint density at radius 2 is 2.11 bits per heavy atom. The number of aryl methyl sites for hydroxylation is 1. The van der Waals surface area contributed by atoms with Crippen molar-refractivity contribution in [3.05, 3.63) is 71.0 Å². The van der Waals surface area contributed by atoms with Gasteiger partial charge in [0.2, 0.25) is 5.91 Å². The van der Waals surface area contributed by atoms with Crippen molar-refractivity contribution in [1.29, 1.82) is 0 Å². The number of rotatable bonds is 7. The third kappa shape index (κ3) is 4.92. The van der Waals surface area contributed by atoms with E-state index in [1.54, 1.807) is 17.0 Å². The first-order valence-corrected chi connectivity index (χ1v) is 8.86. The fourth-order valence-electron chi connectivity index (χ4n) is 3.15. The molecule has 5 nitrogen and oxygen atoms in total. The summed E-state index contributed by atoms with van der Waals surface area (Å²) < 4.78 is 18.5. The Labute approximate surface area is 158 Å². The van der Waals surface area contributed by atoms with E-state index < -0.39 is 0 Å². The van der Waals surface area contributed by atoms with Crippen LogP contribution >= 0.6 is 0 Å². The highest BCUT2D eigenvalue weighted by Crippen LogP contribution is 2.21. The highest BCUT2D eigenvalue weighted by Gasteiger charge is 2.27. The quantitative estimate of drug-likeness (QED) is 0.751. The van der Waals surface area contributed by atoms with Crippen molar-refractivity contribution in [2.75, 3.05) is 20.3 Å². The van der Waals surface area contributed by atoms with Crippen LogP contribution in [0.25, 0.3) is 0 Å². The zero-order valence-corrected chi connectivity index (χ0v) is 15.5. The molecule has 0 fully saturated rings. The van der Waals surface area contributed by atoms with Gasteiger partial charge >= 0.3 is 0 Å². The molecule has 1 aliphatic rings. The first-order valence-electron chi connectivity index (χ1n) is 8.86. The minimum absolute atomic E-state index is 0.0342. The summed E-state index contributed by atoms with van der Waals surface area (Å²) in [5.74, 6) is -0.497. The van der Waals surface area contributed by atoms with Crippen molar-refractivity contribution in [1.82, 2.24) is 4.90 Å². The molecule has 2 aromatic carbocycles. The van der Waals surface area contributed by atoms with Crippen molar-refractivity contribution in [3.63, 3.8) is 0 Å². The molecule has 27 heavy (non-hydrogen) atoms. The van der Waals surface area contributed by atoms with Crippen LogP contribution in [0.2, 0.25) is 0 Å². The summed E-state index contributed by atoms with van der Waals surface area (Å²) in [6.07, 6.45) is 0.374. The summed E-state index contributed by atoms with van der Waals surface area (Å²) >= 11 is 0. The van der Waals surface area contributed by atoms with Crippen molar-refractivity contribution in [2.45, 2.75) is 26.0 Å². The van der Waals surface area contributed by atoms with Crippen LogP contribution in [0.15, 0.2) is 53.7 Å². The van der Waals surface area contributed by atoms with Crippen LogP contribution in [0.5, 0.6) is 0 Å². The second-order valence-electron chi connectivity index (χ2n) is 6.62. The predicted octanol–water partition coefficient (Wildman–Crippen LogP) is 3.30. The van der Waals surface area contributed by atoms with E-state index in [1.807, 2.05) is 31.2 Å². The van der Waals surface area contributed by atoms with Gasteiger partial charge < -0.3 is 14.5 Å². The average Bonchev–Trinajstić information content (AvgIpc) is 3.10. The van der Waals surface area contributed by atoms with E-state index in [1.165, 1.54) is 19.2 Å². The SMILES string of the molecule is COCC(=O)N(Cc1cccc(F)c1)CC1CC(c2ccccc2C)=NO1. The van der Waals surface area contributed by atoms with Crippen LogP contribution in [0.4, 0.5) is 4.39 Å². The molecular weight excluding hydrogens is 347 g/mol. The number of nitrogens with zero attached hydrogens (tertiary/aromatic N) is 2. The van der Waals surface area contributed by atoms with Gasteiger partial charge in [0.05, 0.1) is 12.3 Å². The van der Waals surface area contributed by atoms with Crippen LogP contribution in [0.1, 0.15) is 23.1 Å². The maximum atomic E-state index is 13.5. The molecule has 0 bridgehead atoms. The van der Waals surface area contributed by atoms with Crippen molar-refractivity contribution >= 4 is 11.6 Å². The molecule has 2 aromatic rings. The fourth-order valence-corrected chi connectivity index (χ4v) is 3.15. The third-order valence-electron chi connectivity index (χ3n) is 4.50. The average molecular weight is 370 g/mol. The predicted molar refractivity (Wildman–Crippen MR) is 101 cm³/mol.